The molecule has 2 rings (SSSR count). The minimum Gasteiger partial charge on any atom is -0.303 e. The van der Waals surface area contributed by atoms with Crippen LogP contribution >= 0.6 is 23.2 Å². The van der Waals surface area contributed by atoms with E-state index in [2.05, 4.69) is 11.9 Å². The van der Waals surface area contributed by atoms with Crippen molar-refractivity contribution >= 4 is 23.2 Å². The second-order valence-electron chi connectivity index (χ2n) is 3.44. The van der Waals surface area contributed by atoms with Crippen LogP contribution in [0.4, 0.5) is 0 Å². The highest BCUT2D eigenvalue weighted by Crippen LogP contribution is 2.25. The molecule has 0 aliphatic heterocycles. The molecule has 0 aliphatic carbocycles. The van der Waals surface area contributed by atoms with Crippen molar-refractivity contribution in [3.63, 3.8) is 0 Å². The van der Waals surface area contributed by atoms with E-state index in [1.54, 1.807) is 6.20 Å². The highest BCUT2D eigenvalue weighted by Gasteiger charge is 2.10. The molecule has 0 saturated carbocycles. The third kappa shape index (κ3) is 1.95. The van der Waals surface area contributed by atoms with Gasteiger partial charge in [0.25, 0.3) is 0 Å². The molecule has 1 aromatic heterocycles. The molecule has 0 spiro atoms. The number of hydrogen-bond acceptors (Lipinski definition) is 1. The lowest BCUT2D eigenvalue weighted by atomic mass is 10.2. The average Bonchev–Trinajstić information content (AvgIpc) is 2.76. The molecule has 0 N–H and O–H groups in total. The first-order valence-electron chi connectivity index (χ1n) is 5.14. The quantitative estimate of drug-likeness (QED) is 0.762. The highest BCUT2D eigenvalue weighted by molar-refractivity contribution is 6.32. The Bertz CT molecular complexity index is 492. The van der Waals surface area contributed by atoms with Crippen LogP contribution in [0.3, 0.4) is 0 Å². The molecular weight excluding hydrogens is 243 g/mol. The fourth-order valence-corrected chi connectivity index (χ4v) is 2.31. The monoisotopic (exact) mass is 254 g/mol. The van der Waals surface area contributed by atoms with E-state index >= 15 is 0 Å². The van der Waals surface area contributed by atoms with Crippen LogP contribution < -0.4 is 0 Å². The van der Waals surface area contributed by atoms with E-state index in [1.165, 1.54) is 0 Å². The molecule has 1 aromatic carbocycles. The summed E-state index contributed by atoms with van der Waals surface area (Å²) in [6.07, 6.45) is 4.60. The second kappa shape index (κ2) is 4.89. The summed E-state index contributed by atoms with van der Waals surface area (Å²) in [5, 5.41) is 0.697. The highest BCUT2D eigenvalue weighted by atomic mass is 35.5. The molecule has 2 nitrogen and oxygen atoms in total. The number of benzene rings is 1. The van der Waals surface area contributed by atoms with Crippen molar-refractivity contribution in [1.82, 2.24) is 9.55 Å². The third-order valence-electron chi connectivity index (χ3n) is 2.52. The Morgan fingerprint density at radius 1 is 1.38 bits per heavy atom. The van der Waals surface area contributed by atoms with E-state index in [9.17, 15) is 0 Å². The molecule has 0 amide bonds. The van der Waals surface area contributed by atoms with Gasteiger partial charge in [-0.1, -0.05) is 24.6 Å². The summed E-state index contributed by atoms with van der Waals surface area (Å²) < 4.78 is 2.03. The normalized spacial score (nSPS) is 10.7. The van der Waals surface area contributed by atoms with Crippen LogP contribution in [0.1, 0.15) is 18.3 Å². The Morgan fingerprint density at radius 3 is 2.88 bits per heavy atom. The van der Waals surface area contributed by atoms with Crippen LogP contribution in [0, 0.1) is 0 Å². The van der Waals surface area contributed by atoms with Crippen molar-refractivity contribution in [1.29, 1.82) is 0 Å². The van der Waals surface area contributed by atoms with Gasteiger partial charge in [0.2, 0.25) is 0 Å². The minimum absolute atomic E-state index is 0.399. The maximum absolute atomic E-state index is 6.12. The SMILES string of the molecule is CCc1nccn1-c1cccc(Cl)c1CCl. The van der Waals surface area contributed by atoms with Gasteiger partial charge >= 0.3 is 0 Å². The van der Waals surface area contributed by atoms with Crippen LogP contribution in [-0.2, 0) is 12.3 Å². The summed E-state index contributed by atoms with van der Waals surface area (Å²) in [7, 11) is 0. The third-order valence-corrected chi connectivity index (χ3v) is 3.14. The van der Waals surface area contributed by atoms with E-state index in [0.29, 0.717) is 10.9 Å². The number of rotatable bonds is 3. The number of aryl methyl sites for hydroxylation is 1. The van der Waals surface area contributed by atoms with Crippen molar-refractivity contribution in [3.05, 3.63) is 47.0 Å². The number of nitrogens with zero attached hydrogens (tertiary/aromatic N) is 2. The van der Waals surface area contributed by atoms with Crippen LogP contribution in [0.2, 0.25) is 5.02 Å². The van der Waals surface area contributed by atoms with Gasteiger partial charge in [-0.05, 0) is 12.1 Å². The fourth-order valence-electron chi connectivity index (χ4n) is 1.72. The Kier molecular flexibility index (Phi) is 3.52. The molecule has 0 saturated heterocycles. The summed E-state index contributed by atoms with van der Waals surface area (Å²) in [6, 6.07) is 5.78. The molecule has 16 heavy (non-hydrogen) atoms. The first-order valence-corrected chi connectivity index (χ1v) is 6.05. The number of alkyl halides is 1. The van der Waals surface area contributed by atoms with E-state index < -0.39 is 0 Å². The lowest BCUT2D eigenvalue weighted by molar-refractivity contribution is 0.885. The van der Waals surface area contributed by atoms with Crippen LogP contribution in [0.25, 0.3) is 5.69 Å². The Hall–Kier alpha value is -0.990. The van der Waals surface area contributed by atoms with Crippen LogP contribution in [0.5, 0.6) is 0 Å². The molecule has 84 valence electrons. The summed E-state index contributed by atoms with van der Waals surface area (Å²) in [4.78, 5) is 4.29. The van der Waals surface area contributed by atoms with Crippen molar-refractivity contribution in [3.8, 4) is 5.69 Å². The average molecular weight is 255 g/mol. The van der Waals surface area contributed by atoms with Crippen LogP contribution in [0.15, 0.2) is 30.6 Å². The molecular formula is C12H12Cl2N2. The first-order chi connectivity index (χ1) is 7.77. The Morgan fingerprint density at radius 2 is 2.19 bits per heavy atom. The molecule has 0 unspecified atom stereocenters. The van der Waals surface area contributed by atoms with E-state index in [4.69, 9.17) is 23.2 Å². The molecule has 1 heterocycles. The number of imidazole rings is 1. The summed E-state index contributed by atoms with van der Waals surface area (Å²) >= 11 is 12.1. The molecule has 4 heteroatoms. The zero-order valence-corrected chi connectivity index (χ0v) is 10.5. The maximum Gasteiger partial charge on any atom is 0.112 e. The molecule has 0 bridgehead atoms. The largest absolute Gasteiger partial charge is 0.303 e. The zero-order chi connectivity index (χ0) is 11.5. The topological polar surface area (TPSA) is 17.8 Å². The first kappa shape index (κ1) is 11.5. The van der Waals surface area contributed by atoms with E-state index in [1.807, 2.05) is 29.0 Å². The van der Waals surface area contributed by atoms with Gasteiger partial charge in [-0.25, -0.2) is 4.98 Å². The zero-order valence-electron chi connectivity index (χ0n) is 8.95. The van der Waals surface area contributed by atoms with E-state index in [-0.39, 0.29) is 0 Å². The van der Waals surface area contributed by atoms with Crippen molar-refractivity contribution in [2.75, 3.05) is 0 Å². The summed E-state index contributed by atoms with van der Waals surface area (Å²) in [5.41, 5.74) is 1.95. The Labute approximate surface area is 105 Å². The van der Waals surface area contributed by atoms with Gasteiger partial charge in [-0.2, -0.15) is 0 Å². The van der Waals surface area contributed by atoms with Crippen molar-refractivity contribution in [2.45, 2.75) is 19.2 Å². The lowest BCUT2D eigenvalue weighted by Crippen LogP contribution is -2.02. The second-order valence-corrected chi connectivity index (χ2v) is 4.11. The molecule has 0 atom stereocenters. The Balaban J connectivity index is 2.60. The van der Waals surface area contributed by atoms with Gasteiger partial charge in [0.15, 0.2) is 0 Å². The summed E-state index contributed by atoms with van der Waals surface area (Å²) in [6.45, 7) is 2.07. The number of halogens is 2. The van der Waals surface area contributed by atoms with Gasteiger partial charge in [0, 0.05) is 29.4 Å². The fraction of sp³-hybridized carbons (Fsp3) is 0.250. The number of hydrogen-bond donors (Lipinski definition) is 0. The van der Waals surface area contributed by atoms with Crippen molar-refractivity contribution in [2.24, 2.45) is 0 Å². The molecule has 2 aromatic rings. The van der Waals surface area contributed by atoms with Gasteiger partial charge in [0.05, 0.1) is 11.6 Å². The summed E-state index contributed by atoms with van der Waals surface area (Å²) in [5.74, 6) is 1.41. The molecule has 0 aliphatic rings. The van der Waals surface area contributed by atoms with Gasteiger partial charge in [-0.3, -0.25) is 0 Å². The number of aromatic nitrogens is 2. The van der Waals surface area contributed by atoms with Gasteiger partial charge < -0.3 is 4.57 Å². The molecule has 0 radical (unpaired) electrons. The smallest absolute Gasteiger partial charge is 0.112 e. The minimum atomic E-state index is 0.399. The van der Waals surface area contributed by atoms with Crippen molar-refractivity contribution < 1.29 is 0 Å². The van der Waals surface area contributed by atoms with Gasteiger partial charge in [0.1, 0.15) is 5.82 Å². The maximum atomic E-state index is 6.12. The lowest BCUT2D eigenvalue weighted by Gasteiger charge is -2.12. The standard InChI is InChI=1S/C12H12Cl2N2/c1-2-12-15-6-7-16(12)11-5-3-4-10(14)9(11)8-13/h3-7H,2,8H2,1H3. The predicted molar refractivity (Wildman–Crippen MR) is 67.5 cm³/mol. The van der Waals surface area contributed by atoms with Crippen LogP contribution in [-0.4, -0.2) is 9.55 Å². The van der Waals surface area contributed by atoms with E-state index in [0.717, 1.165) is 23.5 Å². The predicted octanol–water partition coefficient (Wildman–Crippen LogP) is 3.83. The van der Waals surface area contributed by atoms with Gasteiger partial charge in [-0.15, -0.1) is 11.6 Å². The molecule has 0 fully saturated rings.